The molecule has 0 amide bonds. The quantitative estimate of drug-likeness (QED) is 0.0561. The molecule has 0 saturated heterocycles. The lowest BCUT2D eigenvalue weighted by atomic mass is 9.85. The number of hydrogen-bond acceptors (Lipinski definition) is 9. The third kappa shape index (κ3) is 20.7. The van der Waals surface area contributed by atoms with E-state index in [-0.39, 0.29) is 39.2 Å². The van der Waals surface area contributed by atoms with Gasteiger partial charge in [-0.25, -0.2) is 4.79 Å². The van der Waals surface area contributed by atoms with Crippen molar-refractivity contribution in [1.29, 1.82) is 0 Å². The van der Waals surface area contributed by atoms with E-state index in [1.165, 1.54) is 22.8 Å². The van der Waals surface area contributed by atoms with Crippen LogP contribution in [-0.2, 0) is 16.6 Å². The number of benzene rings is 4. The molecule has 1 atom stereocenters. The molecule has 13 heteroatoms. The Hall–Kier alpha value is -7.27. The Morgan fingerprint density at radius 2 is 1.27 bits per heavy atom. The molecule has 2 aliphatic rings. The summed E-state index contributed by atoms with van der Waals surface area (Å²) < 4.78 is 23.0. The Balaban J connectivity index is 0.000000250. The molecule has 392 valence electrons. The molecule has 0 spiro atoms. The van der Waals surface area contributed by atoms with Gasteiger partial charge in [0.05, 0.1) is 18.0 Å². The molecule has 0 fully saturated rings. The van der Waals surface area contributed by atoms with Crippen molar-refractivity contribution in [2.24, 2.45) is 31.3 Å². The molecule has 3 heterocycles. The van der Waals surface area contributed by atoms with Gasteiger partial charge in [0, 0.05) is 66.3 Å². The summed E-state index contributed by atoms with van der Waals surface area (Å²) in [7, 11) is 0. The predicted molar refractivity (Wildman–Crippen MR) is 303 cm³/mol. The van der Waals surface area contributed by atoms with Crippen LogP contribution in [0.2, 0.25) is 0 Å². The van der Waals surface area contributed by atoms with Gasteiger partial charge < -0.3 is 18.3 Å². The second kappa shape index (κ2) is 25.1. The van der Waals surface area contributed by atoms with Crippen LogP contribution >= 0.6 is 0 Å². The molecule has 0 saturated carbocycles. The highest BCUT2D eigenvalue weighted by Crippen LogP contribution is 2.44. The first-order valence-corrected chi connectivity index (χ1v) is 24.7. The van der Waals surface area contributed by atoms with Gasteiger partial charge in [0.1, 0.15) is 5.60 Å². The van der Waals surface area contributed by atoms with Gasteiger partial charge in [-0.05, 0) is 133 Å². The lowest BCUT2D eigenvalue weighted by Crippen LogP contribution is -2.25. The number of fused-ring (bicyclic) bond motifs is 4. The molecule has 1 unspecified atom stereocenters. The van der Waals surface area contributed by atoms with E-state index in [0.717, 1.165) is 28.3 Å². The molecule has 0 radical (unpaired) electrons. The fourth-order valence-corrected chi connectivity index (χ4v) is 6.28. The zero-order valence-corrected chi connectivity index (χ0v) is 47.3. The maximum Gasteiger partial charge on any atom is 0.336 e. The second-order valence-electron chi connectivity index (χ2n) is 24.1. The first-order valence-electron chi connectivity index (χ1n) is 24.7. The van der Waals surface area contributed by atoms with Crippen LogP contribution in [0.15, 0.2) is 137 Å². The summed E-state index contributed by atoms with van der Waals surface area (Å²) in [6, 6.07) is 31.2. The number of furan rings is 1. The highest BCUT2D eigenvalue weighted by atomic mass is 16.5. The van der Waals surface area contributed by atoms with E-state index in [1.54, 1.807) is 12.3 Å². The van der Waals surface area contributed by atoms with E-state index in [4.69, 9.17) is 35.8 Å². The molecule has 4 aromatic carbocycles. The third-order valence-electron chi connectivity index (χ3n) is 10.7. The number of nitrogens with zero attached hydrogens (tertiary/aromatic N) is 8. The largest absolute Gasteiger partial charge is 0.481 e. The highest BCUT2D eigenvalue weighted by molar-refractivity contribution is 6.00. The number of azide groups is 2. The fraction of sp³-hybridized carbons (Fsp3) is 0.459. The van der Waals surface area contributed by atoms with Crippen LogP contribution < -0.4 is 10.4 Å². The normalized spacial score (nSPS) is 14.1. The minimum atomic E-state index is -0.414. The number of rotatable bonds is 3. The number of ether oxygens (including phenoxy) is 2. The van der Waals surface area contributed by atoms with E-state index in [9.17, 15) is 4.79 Å². The van der Waals surface area contributed by atoms with Crippen molar-refractivity contribution < 1.29 is 18.3 Å². The lowest BCUT2D eigenvalue weighted by molar-refractivity contribution is -0.0615. The molecule has 0 N–H and O–H groups in total. The summed E-state index contributed by atoms with van der Waals surface area (Å²) in [5.41, 5.74) is 22.7. The third-order valence-corrected chi connectivity index (χ3v) is 10.7. The molecule has 13 nitrogen and oxygen atoms in total. The average molecular weight is 1000 g/mol. The SMILES string of the molecule is C#CC(C)(C)C.CC(C)(C)C1(C)N=N1.CC(C)(C)N=[N+]=[N-].CC(C)(C)OC1Cc2ccccc2C#Cc2ccccc21.CC(C)(C)Oc1c2occc2cc2ccc(=O)oc12.CC(C)(C)c1ccc(N=[N+]=[N-])cc1. The van der Waals surface area contributed by atoms with E-state index in [2.05, 4.69) is 147 Å². The van der Waals surface area contributed by atoms with Gasteiger partial charge in [-0.2, -0.15) is 10.2 Å². The predicted octanol–water partition coefficient (Wildman–Crippen LogP) is 18.1. The topological polar surface area (TPSA) is 184 Å². The van der Waals surface area contributed by atoms with Gasteiger partial charge in [0.25, 0.3) is 0 Å². The van der Waals surface area contributed by atoms with Gasteiger partial charge in [0.15, 0.2) is 16.8 Å². The van der Waals surface area contributed by atoms with Crippen LogP contribution in [0.25, 0.3) is 42.8 Å². The van der Waals surface area contributed by atoms with Gasteiger partial charge in [-0.1, -0.05) is 145 Å². The van der Waals surface area contributed by atoms with Crippen LogP contribution in [0.1, 0.15) is 165 Å². The lowest BCUT2D eigenvalue weighted by Gasteiger charge is -2.29. The molecular weight excluding hydrogens is 925 g/mol. The molecule has 1 aliphatic carbocycles. The van der Waals surface area contributed by atoms with Crippen LogP contribution in [0.4, 0.5) is 5.69 Å². The van der Waals surface area contributed by atoms with Crippen molar-refractivity contribution in [3.63, 3.8) is 0 Å². The van der Waals surface area contributed by atoms with Crippen molar-refractivity contribution in [3.05, 3.63) is 162 Å². The van der Waals surface area contributed by atoms with E-state index >= 15 is 0 Å². The zero-order valence-electron chi connectivity index (χ0n) is 47.3. The minimum absolute atomic E-state index is 0.0388. The highest BCUT2D eigenvalue weighted by Gasteiger charge is 2.46. The number of hydrogen-bond donors (Lipinski definition) is 0. The van der Waals surface area contributed by atoms with Crippen molar-refractivity contribution in [2.45, 2.75) is 172 Å². The molecule has 0 bridgehead atoms. The van der Waals surface area contributed by atoms with Crippen molar-refractivity contribution >= 4 is 27.6 Å². The zero-order chi connectivity index (χ0) is 55.9. The maximum absolute atomic E-state index is 11.4. The summed E-state index contributed by atoms with van der Waals surface area (Å²) >= 11 is 0. The summed E-state index contributed by atoms with van der Waals surface area (Å²) in [4.78, 5) is 16.8. The Kier molecular flexibility index (Phi) is 20.7. The smallest absolute Gasteiger partial charge is 0.336 e. The fourth-order valence-electron chi connectivity index (χ4n) is 6.28. The molecule has 1 aliphatic heterocycles. The summed E-state index contributed by atoms with van der Waals surface area (Å²) in [6.07, 6.45) is 7.55. The average Bonchev–Trinajstić information content (AvgIpc) is 3.88. The minimum Gasteiger partial charge on any atom is -0.481 e. The van der Waals surface area contributed by atoms with Crippen molar-refractivity contribution in [3.8, 4) is 29.9 Å². The van der Waals surface area contributed by atoms with Crippen LogP contribution in [0, 0.1) is 35.0 Å². The van der Waals surface area contributed by atoms with Crippen LogP contribution in [-0.4, -0.2) is 22.4 Å². The summed E-state index contributed by atoms with van der Waals surface area (Å²) in [5, 5.41) is 16.5. The Morgan fingerprint density at radius 3 is 1.74 bits per heavy atom. The first-order chi connectivity index (χ1) is 34.1. The van der Waals surface area contributed by atoms with Gasteiger partial charge >= 0.3 is 5.63 Å². The van der Waals surface area contributed by atoms with Gasteiger partial charge in [-0.15, -0.1) is 12.3 Å². The van der Waals surface area contributed by atoms with Gasteiger partial charge in [-0.3, -0.25) is 0 Å². The standard InChI is InChI=1S/C20H20O.C15H14O4.C10H13N3.C6H12N2.C6H10.C4H9N3/c1-20(2,3)21-19-14-17-10-5-4-8-15(17)12-13-16-9-6-7-11-18(16)19;1-15(2,3)19-14-12-10(6-7-17-12)8-9-4-5-11(16)18-13(9)14;1-10(2,3)8-4-6-9(7-5-8)12-13-11;1-5(2,3)6(4)7-8-6;1-5-6(2,3)4;1-4(2,3)6-7-5/h4-11,19H,14H2,1-3H3;4-8H,1-3H3;4-7H,1-3H3;1-4H3;1H,2-4H3;1-3H3. The van der Waals surface area contributed by atoms with Crippen LogP contribution in [0.5, 0.6) is 5.75 Å². The Bertz CT molecular complexity index is 3100. The van der Waals surface area contributed by atoms with E-state index in [0.29, 0.717) is 22.6 Å². The van der Waals surface area contributed by atoms with E-state index < -0.39 is 11.2 Å². The maximum atomic E-state index is 11.4. The van der Waals surface area contributed by atoms with Crippen molar-refractivity contribution in [2.75, 3.05) is 0 Å². The van der Waals surface area contributed by atoms with Crippen molar-refractivity contribution in [1.82, 2.24) is 0 Å². The van der Waals surface area contributed by atoms with Crippen LogP contribution in [0.3, 0.4) is 0 Å². The monoisotopic (exact) mass is 1000 g/mol. The van der Waals surface area contributed by atoms with Gasteiger partial charge in [0.2, 0.25) is 5.75 Å². The molecule has 6 aromatic rings. The number of terminal acetylenes is 1. The summed E-state index contributed by atoms with van der Waals surface area (Å²) in [5.74, 6) is 9.69. The Labute approximate surface area is 439 Å². The molecule has 74 heavy (non-hydrogen) atoms. The second-order valence-corrected chi connectivity index (χ2v) is 24.1. The molecule has 2 aromatic heterocycles. The first kappa shape index (κ1) is 61.0. The molecular formula is C61H78N8O5. The van der Waals surface area contributed by atoms with E-state index in [1.807, 2.05) is 118 Å². The molecule has 8 rings (SSSR count). The Morgan fingerprint density at radius 1 is 0.716 bits per heavy atom. The summed E-state index contributed by atoms with van der Waals surface area (Å²) in [6.45, 7) is 38.6.